The van der Waals surface area contributed by atoms with Crippen LogP contribution in [0.5, 0.6) is 0 Å². The second-order valence-corrected chi connectivity index (χ2v) is 21.8. The lowest BCUT2D eigenvalue weighted by Gasteiger charge is -2.53. The highest BCUT2D eigenvalue weighted by Crippen LogP contribution is 2.42. The van der Waals surface area contributed by atoms with Crippen LogP contribution in [0.1, 0.15) is 33.6 Å². The Morgan fingerprint density at radius 2 is 0.807 bits per heavy atom. The standard InChI is InChI=1S/C48H79N3O37/c1-12(58)49-23-15(61)4-47(45(74)75,85-37(23)26(65)17(63)6-52)87-39-29(68)20(9-55)80-43(32(39)71)84-36-25(51-14(3)60)42(79-19(8-54)28(36)67)83-35-22(11-57)81-44(82-34-21(10-56)78-41(73)31(70)30(34)69)33(72)40(35)88-48(46(76)77)5-16(62)24(50-13(2)59)38(86-48)27(66)18(64)7-53/h15-44,52-57,61-73H,4-11H2,1-3H3,(H,49,58)(H,50,59)(H,51,60)(H,74,75)(H,76,77)/t15-,16-,17+,18+,19+,20+,21+,22+,23+,24+,25+,26+,27+,28-,29-,30+,31+,32+,33+,34+,35-,36+,37+,38+,39-,40+,41+,42-,43-,44-,47-,48-/m0/s1. The fourth-order valence-electron chi connectivity index (χ4n) is 11.1. The van der Waals surface area contributed by atoms with E-state index in [1.54, 1.807) is 0 Å². The molecule has 0 aromatic heterocycles. The fraction of sp³-hybridized carbons (Fsp3) is 0.896. The van der Waals surface area contributed by atoms with E-state index < -0.39 is 277 Å². The number of amides is 3. The largest absolute Gasteiger partial charge is 0.477 e. The molecular formula is C48H79N3O37. The highest BCUT2D eigenvalue weighted by Gasteiger charge is 2.64. The Morgan fingerprint density at radius 1 is 0.443 bits per heavy atom. The average Bonchev–Trinajstić information content (AvgIpc) is 1.30. The van der Waals surface area contributed by atoms with Crippen LogP contribution in [-0.2, 0) is 76.1 Å². The summed E-state index contributed by atoms with van der Waals surface area (Å²) in [4.78, 5) is 64.4. The molecule has 40 heteroatoms. The first-order chi connectivity index (χ1) is 41.3. The predicted octanol–water partition coefficient (Wildman–Crippen LogP) is -15.3. The molecule has 88 heavy (non-hydrogen) atoms. The van der Waals surface area contributed by atoms with Crippen molar-refractivity contribution in [2.45, 2.75) is 229 Å². The van der Waals surface area contributed by atoms with Crippen molar-refractivity contribution in [1.82, 2.24) is 16.0 Å². The maximum Gasteiger partial charge on any atom is 0.364 e. The summed E-state index contributed by atoms with van der Waals surface area (Å²) in [6.07, 6.45) is -63.1. The number of aliphatic hydroxyl groups is 19. The molecule has 0 aromatic rings. The molecule has 0 radical (unpaired) electrons. The van der Waals surface area contributed by atoms with Crippen molar-refractivity contribution in [2.75, 3.05) is 39.6 Å². The van der Waals surface area contributed by atoms with E-state index in [9.17, 15) is 131 Å². The second kappa shape index (κ2) is 30.7. The molecule has 6 saturated heterocycles. The Hall–Kier alpha value is -3.85. The SMILES string of the molecule is CC(=O)N[C@H]1[C@H](O[C@@H]2[C@H](O[C@]3(C(=O)O)C[C@H](O)[C@@H](NC(C)=O)[C@H]([C@H](O)[C@H](O)CO)O3)[C@@H](O)[C@H](O[C@H]3[C@H](O)[C@@H](O)[C@H](O)O[C@@H]3CO)O[C@@H]2CO)O[C@H](CO)[C@H](O)[C@@H]1O[C@@H]1O[C@H](CO)[C@H](O)[C@H](O[C@]2(C(=O)O)C[C@H](O)[C@@H](NC(C)=O)[C@H]([C@H](O)[C@H](O)CO)O2)[C@H]1O. The molecule has 40 nitrogen and oxygen atoms in total. The number of carboxylic acid groups (broad SMARTS) is 2. The van der Waals surface area contributed by atoms with Gasteiger partial charge in [0.15, 0.2) is 25.2 Å². The van der Waals surface area contributed by atoms with Gasteiger partial charge in [-0.2, -0.15) is 0 Å². The highest BCUT2D eigenvalue weighted by atomic mass is 16.8. The van der Waals surface area contributed by atoms with Gasteiger partial charge in [0.1, 0.15) is 134 Å². The highest BCUT2D eigenvalue weighted by molar-refractivity contribution is 5.77. The van der Waals surface area contributed by atoms with Crippen LogP contribution < -0.4 is 16.0 Å². The lowest BCUT2D eigenvalue weighted by atomic mass is 9.88. The Morgan fingerprint density at radius 3 is 1.23 bits per heavy atom. The van der Waals surface area contributed by atoms with E-state index in [0.29, 0.717) is 0 Å². The molecule has 6 aliphatic heterocycles. The van der Waals surface area contributed by atoms with Crippen LogP contribution in [0.2, 0.25) is 0 Å². The van der Waals surface area contributed by atoms with E-state index >= 15 is 0 Å². The Bertz CT molecular complexity index is 2320. The summed E-state index contributed by atoms with van der Waals surface area (Å²) in [6, 6.07) is -5.66. The van der Waals surface area contributed by atoms with Crippen molar-refractivity contribution >= 4 is 29.7 Å². The predicted molar refractivity (Wildman–Crippen MR) is 268 cm³/mol. The van der Waals surface area contributed by atoms with Crippen molar-refractivity contribution in [3.63, 3.8) is 0 Å². The molecule has 0 aromatic carbocycles. The molecule has 0 saturated carbocycles. The fourth-order valence-corrected chi connectivity index (χ4v) is 11.1. The Labute approximate surface area is 496 Å². The third kappa shape index (κ3) is 15.6. The summed E-state index contributed by atoms with van der Waals surface area (Å²) >= 11 is 0. The number of rotatable bonds is 25. The van der Waals surface area contributed by atoms with Gasteiger partial charge in [0.25, 0.3) is 11.6 Å². The van der Waals surface area contributed by atoms with Crippen molar-refractivity contribution in [3.05, 3.63) is 0 Å². The maximum atomic E-state index is 13.6. The summed E-state index contributed by atoms with van der Waals surface area (Å²) in [7, 11) is 0. The van der Waals surface area contributed by atoms with Crippen LogP contribution in [0, 0.1) is 0 Å². The number of hydrogen-bond acceptors (Lipinski definition) is 35. The van der Waals surface area contributed by atoms with Gasteiger partial charge in [-0.3, -0.25) is 14.4 Å². The van der Waals surface area contributed by atoms with Gasteiger partial charge in [-0.1, -0.05) is 0 Å². The van der Waals surface area contributed by atoms with Gasteiger partial charge in [-0.25, -0.2) is 9.59 Å². The van der Waals surface area contributed by atoms with Crippen LogP contribution in [-0.4, -0.2) is 372 Å². The molecule has 24 N–H and O–H groups in total. The van der Waals surface area contributed by atoms with Gasteiger partial charge in [0.2, 0.25) is 17.7 Å². The molecule has 0 bridgehead atoms. The maximum absolute atomic E-state index is 13.6. The summed E-state index contributed by atoms with van der Waals surface area (Å²) in [5, 5.41) is 235. The van der Waals surface area contributed by atoms with Gasteiger partial charge < -0.3 is 175 Å². The van der Waals surface area contributed by atoms with E-state index in [1.165, 1.54) is 0 Å². The van der Waals surface area contributed by atoms with Gasteiger partial charge in [0, 0.05) is 33.6 Å². The van der Waals surface area contributed by atoms with Gasteiger partial charge in [0.05, 0.1) is 63.9 Å². The smallest absolute Gasteiger partial charge is 0.364 e. The van der Waals surface area contributed by atoms with Crippen molar-refractivity contribution < 1.29 is 183 Å². The number of aliphatic carboxylic acids is 2. The first kappa shape index (κ1) is 73.2. The van der Waals surface area contributed by atoms with Gasteiger partial charge in [-0.05, 0) is 0 Å². The van der Waals surface area contributed by atoms with E-state index in [2.05, 4.69) is 16.0 Å². The van der Waals surface area contributed by atoms with Crippen LogP contribution >= 0.6 is 0 Å². The second-order valence-electron chi connectivity index (χ2n) is 21.8. The first-order valence-corrected chi connectivity index (χ1v) is 27.4. The van der Waals surface area contributed by atoms with Crippen LogP contribution in [0.3, 0.4) is 0 Å². The van der Waals surface area contributed by atoms with E-state index in [1.807, 2.05) is 0 Å². The molecular weight excluding hydrogens is 1210 g/mol. The first-order valence-electron chi connectivity index (χ1n) is 27.4. The quantitative estimate of drug-likeness (QED) is 0.0404. The van der Waals surface area contributed by atoms with Crippen molar-refractivity contribution in [1.29, 1.82) is 0 Å². The van der Waals surface area contributed by atoms with Gasteiger partial charge in [-0.15, -0.1) is 0 Å². The van der Waals surface area contributed by atoms with E-state index in [4.69, 9.17) is 52.1 Å². The third-order valence-corrected chi connectivity index (χ3v) is 15.6. The van der Waals surface area contributed by atoms with Crippen LogP contribution in [0.25, 0.3) is 0 Å². The van der Waals surface area contributed by atoms with Crippen molar-refractivity contribution in [2.24, 2.45) is 0 Å². The molecule has 0 unspecified atom stereocenters. The molecule has 508 valence electrons. The molecule has 32 atom stereocenters. The monoisotopic (exact) mass is 1290 g/mol. The lowest BCUT2D eigenvalue weighted by Crippen LogP contribution is -2.72. The summed E-state index contributed by atoms with van der Waals surface area (Å²) in [5.74, 6) is -14.0. The number of nitrogens with one attached hydrogen (secondary N) is 3. The van der Waals surface area contributed by atoms with Crippen LogP contribution in [0.4, 0.5) is 0 Å². The van der Waals surface area contributed by atoms with Gasteiger partial charge >= 0.3 is 11.9 Å². The van der Waals surface area contributed by atoms with Crippen LogP contribution in [0.15, 0.2) is 0 Å². The number of ether oxygens (including phenoxy) is 11. The number of hydrogen-bond donors (Lipinski definition) is 24. The van der Waals surface area contributed by atoms with Crippen molar-refractivity contribution in [3.8, 4) is 0 Å². The molecule has 6 rings (SSSR count). The lowest BCUT2D eigenvalue weighted by molar-refractivity contribution is -0.404. The summed E-state index contributed by atoms with van der Waals surface area (Å²) in [6.45, 7) is -4.55. The Kier molecular flexibility index (Phi) is 25.6. The molecule has 3 amide bonds. The topological polar surface area (TPSA) is 648 Å². The molecule has 6 heterocycles. The van der Waals surface area contributed by atoms with E-state index in [0.717, 1.165) is 20.8 Å². The minimum absolute atomic E-state index is 0.864. The minimum atomic E-state index is -3.44. The summed E-state index contributed by atoms with van der Waals surface area (Å²) in [5.41, 5.74) is 0. The molecule has 6 aliphatic rings. The zero-order chi connectivity index (χ0) is 65.8. The minimum Gasteiger partial charge on any atom is -0.477 e. The average molecular weight is 1290 g/mol. The zero-order valence-electron chi connectivity index (χ0n) is 46.9. The summed E-state index contributed by atoms with van der Waals surface area (Å²) < 4.78 is 63.8. The number of carbonyl (C=O) groups is 5. The molecule has 0 spiro atoms. The third-order valence-electron chi connectivity index (χ3n) is 15.6. The number of aliphatic hydroxyl groups excluding tert-OH is 19. The molecule has 6 fully saturated rings. The van der Waals surface area contributed by atoms with E-state index in [-0.39, 0.29) is 0 Å². The normalized spacial score (nSPS) is 44.6. The zero-order valence-corrected chi connectivity index (χ0v) is 46.9. The molecule has 0 aliphatic carbocycles. The number of carboxylic acids is 2. The Balaban J connectivity index is 1.42. The number of carbonyl (C=O) groups excluding carboxylic acids is 3.